The molecule has 1 amide bonds. The molecule has 35 heavy (non-hydrogen) atoms. The van der Waals surface area contributed by atoms with Gasteiger partial charge >= 0.3 is 6.18 Å². The van der Waals surface area contributed by atoms with Crippen LogP contribution in [0.5, 0.6) is 0 Å². The summed E-state index contributed by atoms with van der Waals surface area (Å²) in [5, 5.41) is 15.7. The SMILES string of the molecule is O=C(Cn1nc(-c2ccccc2)ccc1=O)N1CCN(c2ccc(C(F)(F)F)cc2[N+](=O)[O-])CC1. The van der Waals surface area contributed by atoms with E-state index >= 15 is 0 Å². The largest absolute Gasteiger partial charge is 0.416 e. The third-order valence-electron chi connectivity index (χ3n) is 5.69. The Bertz CT molecular complexity index is 1300. The molecule has 1 saturated heterocycles. The van der Waals surface area contributed by atoms with Crippen molar-refractivity contribution >= 4 is 17.3 Å². The normalized spacial score (nSPS) is 14.1. The number of piperazine rings is 1. The summed E-state index contributed by atoms with van der Waals surface area (Å²) in [5.74, 6) is -0.355. The Kier molecular flexibility index (Phi) is 6.54. The van der Waals surface area contributed by atoms with Gasteiger partial charge in [0.15, 0.2) is 0 Å². The van der Waals surface area contributed by atoms with Gasteiger partial charge in [-0.1, -0.05) is 30.3 Å². The van der Waals surface area contributed by atoms with Gasteiger partial charge in [0.05, 0.1) is 16.2 Å². The molecule has 9 nitrogen and oxygen atoms in total. The van der Waals surface area contributed by atoms with Gasteiger partial charge in [-0.2, -0.15) is 18.3 Å². The van der Waals surface area contributed by atoms with Crippen molar-refractivity contribution in [2.45, 2.75) is 12.7 Å². The first-order chi connectivity index (χ1) is 16.6. The number of amides is 1. The summed E-state index contributed by atoms with van der Waals surface area (Å²) in [6.07, 6.45) is -4.70. The highest BCUT2D eigenvalue weighted by Gasteiger charge is 2.34. The Morgan fingerprint density at radius 1 is 1.00 bits per heavy atom. The van der Waals surface area contributed by atoms with Crippen molar-refractivity contribution in [2.75, 3.05) is 31.1 Å². The summed E-state index contributed by atoms with van der Waals surface area (Å²) >= 11 is 0. The van der Waals surface area contributed by atoms with E-state index in [-0.39, 0.29) is 44.3 Å². The molecular formula is C23H20F3N5O4. The number of nitrogens with zero attached hydrogens (tertiary/aromatic N) is 5. The number of nitro groups is 1. The first-order valence-corrected chi connectivity index (χ1v) is 10.7. The molecule has 3 aromatic rings. The van der Waals surface area contributed by atoms with Gasteiger partial charge in [0.25, 0.3) is 11.2 Å². The number of halogens is 3. The lowest BCUT2D eigenvalue weighted by atomic mass is 10.1. The Hall–Kier alpha value is -4.22. The molecular weight excluding hydrogens is 467 g/mol. The van der Waals surface area contributed by atoms with Crippen LogP contribution >= 0.6 is 0 Å². The van der Waals surface area contributed by atoms with Gasteiger partial charge in [0, 0.05) is 43.9 Å². The lowest BCUT2D eigenvalue weighted by Gasteiger charge is -2.36. The molecule has 1 aromatic heterocycles. The number of carbonyl (C=O) groups excluding carboxylic acids is 1. The van der Waals surface area contributed by atoms with E-state index in [1.807, 2.05) is 30.3 Å². The number of hydrogen-bond acceptors (Lipinski definition) is 6. The second kappa shape index (κ2) is 9.57. The van der Waals surface area contributed by atoms with Crippen LogP contribution in [0.1, 0.15) is 5.56 Å². The molecule has 1 aliphatic heterocycles. The van der Waals surface area contributed by atoms with E-state index in [0.717, 1.165) is 22.4 Å². The summed E-state index contributed by atoms with van der Waals surface area (Å²) in [6.45, 7) is 0.461. The van der Waals surface area contributed by atoms with Crippen LogP contribution in [0.2, 0.25) is 0 Å². The van der Waals surface area contributed by atoms with Gasteiger partial charge in [-0.15, -0.1) is 0 Å². The van der Waals surface area contributed by atoms with E-state index in [1.54, 1.807) is 11.0 Å². The molecule has 2 heterocycles. The van der Waals surface area contributed by atoms with E-state index in [0.29, 0.717) is 11.8 Å². The molecule has 0 N–H and O–H groups in total. The maximum Gasteiger partial charge on any atom is 0.416 e. The molecule has 0 bridgehead atoms. The van der Waals surface area contributed by atoms with Crippen LogP contribution < -0.4 is 10.5 Å². The average molecular weight is 487 g/mol. The van der Waals surface area contributed by atoms with E-state index in [2.05, 4.69) is 5.10 Å². The van der Waals surface area contributed by atoms with Crippen LogP contribution in [0, 0.1) is 10.1 Å². The first kappa shape index (κ1) is 23.9. The Labute approximate surface area is 197 Å². The highest BCUT2D eigenvalue weighted by molar-refractivity contribution is 5.76. The number of aromatic nitrogens is 2. The Balaban J connectivity index is 1.45. The summed E-state index contributed by atoms with van der Waals surface area (Å²) in [5.41, 5.74) is -0.788. The molecule has 0 spiro atoms. The fraction of sp³-hybridized carbons (Fsp3) is 0.261. The fourth-order valence-electron chi connectivity index (χ4n) is 3.86. The topological polar surface area (TPSA) is 102 Å². The maximum absolute atomic E-state index is 13.0. The van der Waals surface area contributed by atoms with Gasteiger partial charge in [-0.3, -0.25) is 19.7 Å². The summed E-state index contributed by atoms with van der Waals surface area (Å²) in [6, 6.07) is 14.5. The van der Waals surface area contributed by atoms with Crippen molar-refractivity contribution in [1.29, 1.82) is 0 Å². The summed E-state index contributed by atoms with van der Waals surface area (Å²) in [7, 11) is 0. The van der Waals surface area contributed by atoms with Crippen molar-refractivity contribution in [3.8, 4) is 11.3 Å². The molecule has 1 aliphatic rings. The van der Waals surface area contributed by atoms with Crippen molar-refractivity contribution in [3.63, 3.8) is 0 Å². The summed E-state index contributed by atoms with van der Waals surface area (Å²) in [4.78, 5) is 38.7. The van der Waals surface area contributed by atoms with Gasteiger partial charge in [-0.25, -0.2) is 4.68 Å². The molecule has 12 heteroatoms. The highest BCUT2D eigenvalue weighted by atomic mass is 19.4. The smallest absolute Gasteiger partial charge is 0.362 e. The zero-order chi connectivity index (χ0) is 25.2. The van der Waals surface area contributed by atoms with Gasteiger partial charge in [0.1, 0.15) is 12.2 Å². The van der Waals surface area contributed by atoms with Crippen molar-refractivity contribution in [1.82, 2.24) is 14.7 Å². The number of benzene rings is 2. The number of hydrogen-bond donors (Lipinski definition) is 0. The molecule has 182 valence electrons. The molecule has 0 unspecified atom stereocenters. The number of carbonyl (C=O) groups is 1. The summed E-state index contributed by atoms with van der Waals surface area (Å²) < 4.78 is 40.0. The minimum Gasteiger partial charge on any atom is -0.362 e. The zero-order valence-electron chi connectivity index (χ0n) is 18.3. The van der Waals surface area contributed by atoms with E-state index in [1.165, 1.54) is 11.0 Å². The zero-order valence-corrected chi connectivity index (χ0v) is 18.3. The number of rotatable bonds is 5. The lowest BCUT2D eigenvalue weighted by Crippen LogP contribution is -2.50. The number of anilines is 1. The van der Waals surface area contributed by atoms with Crippen molar-refractivity contribution in [2.24, 2.45) is 0 Å². The third kappa shape index (κ3) is 5.31. The molecule has 1 fully saturated rings. The second-order valence-corrected chi connectivity index (χ2v) is 7.91. The lowest BCUT2D eigenvalue weighted by molar-refractivity contribution is -0.384. The highest BCUT2D eigenvalue weighted by Crippen LogP contribution is 2.36. The minimum atomic E-state index is -4.70. The molecule has 4 rings (SSSR count). The number of nitro benzene ring substituents is 1. The Morgan fingerprint density at radius 3 is 2.31 bits per heavy atom. The molecule has 0 atom stereocenters. The Morgan fingerprint density at radius 2 is 1.69 bits per heavy atom. The van der Waals surface area contributed by atoms with Crippen LogP contribution in [-0.4, -0.2) is 51.7 Å². The van der Waals surface area contributed by atoms with E-state index in [4.69, 9.17) is 0 Å². The van der Waals surface area contributed by atoms with Crippen LogP contribution in [0.25, 0.3) is 11.3 Å². The van der Waals surface area contributed by atoms with Gasteiger partial charge < -0.3 is 9.80 Å². The molecule has 0 radical (unpaired) electrons. The van der Waals surface area contributed by atoms with Crippen LogP contribution in [0.4, 0.5) is 24.5 Å². The fourth-order valence-corrected chi connectivity index (χ4v) is 3.86. The average Bonchev–Trinajstić information content (AvgIpc) is 2.85. The van der Waals surface area contributed by atoms with Gasteiger partial charge in [-0.05, 0) is 18.2 Å². The predicted molar refractivity (Wildman–Crippen MR) is 121 cm³/mol. The van der Waals surface area contributed by atoms with Crippen LogP contribution in [-0.2, 0) is 17.5 Å². The van der Waals surface area contributed by atoms with E-state index < -0.39 is 27.9 Å². The van der Waals surface area contributed by atoms with Crippen LogP contribution in [0.3, 0.4) is 0 Å². The molecule has 2 aromatic carbocycles. The van der Waals surface area contributed by atoms with E-state index in [9.17, 15) is 32.9 Å². The second-order valence-electron chi connectivity index (χ2n) is 7.91. The maximum atomic E-state index is 13.0. The van der Waals surface area contributed by atoms with Crippen LogP contribution in [0.15, 0.2) is 65.5 Å². The quantitative estimate of drug-likeness (QED) is 0.405. The first-order valence-electron chi connectivity index (χ1n) is 10.7. The van der Waals surface area contributed by atoms with Gasteiger partial charge in [0.2, 0.25) is 5.91 Å². The third-order valence-corrected chi connectivity index (χ3v) is 5.69. The van der Waals surface area contributed by atoms with Crippen molar-refractivity contribution in [3.05, 3.63) is 86.7 Å². The number of alkyl halides is 3. The standard InChI is InChI=1S/C23H20F3N5O4/c24-23(25,26)17-6-8-19(20(14-17)31(34)35)28-10-12-29(13-11-28)22(33)15-30-21(32)9-7-18(27-30)16-4-2-1-3-5-16/h1-9,14H,10-13,15H2. The molecule has 0 saturated carbocycles. The monoisotopic (exact) mass is 487 g/mol. The predicted octanol–water partition coefficient (Wildman–Crippen LogP) is 3.19. The van der Waals surface area contributed by atoms with Crippen molar-refractivity contribution < 1.29 is 22.9 Å². The molecule has 0 aliphatic carbocycles. The minimum absolute atomic E-state index is 0.0588.